The molecule has 3 N–H and O–H groups in total. The number of rotatable bonds is 12. The average Bonchev–Trinajstić information content (AvgIpc) is 3.89. The number of carbonyl (C=O) groups is 3. The van der Waals surface area contributed by atoms with Crippen LogP contribution in [0.5, 0.6) is 0 Å². The highest BCUT2D eigenvalue weighted by Crippen LogP contribution is 2.39. The molecule has 1 saturated heterocycles. The molecule has 4 heterocycles. The summed E-state index contributed by atoms with van der Waals surface area (Å²) in [5.74, 6) is -1.56. The third-order valence-corrected chi connectivity index (χ3v) is 15.7. The van der Waals surface area contributed by atoms with Crippen molar-refractivity contribution in [2.45, 2.75) is 56.6 Å². The maximum atomic E-state index is 13.2. The minimum Gasteiger partial charge on any atom is -0.405 e. The summed E-state index contributed by atoms with van der Waals surface area (Å²) in [7, 11) is -3.09. The van der Waals surface area contributed by atoms with Crippen LogP contribution in [0.25, 0.3) is 11.2 Å². The first-order valence-corrected chi connectivity index (χ1v) is 20.8. The SMILES string of the molecule is CC(C)(C)[Si](OC[C@H]1O[C@@H](n2cnc3c(NC(=O)c4ccccc4)ncnc32)C(OCC(O)N2C(=O)c3ccccc3C2=O)C1O)(c1ccccc1)c1ccccc1. The Balaban J connectivity index is 1.12. The van der Waals surface area contributed by atoms with Crippen molar-refractivity contribution in [3.63, 3.8) is 0 Å². The highest BCUT2D eigenvalue weighted by molar-refractivity contribution is 6.99. The van der Waals surface area contributed by atoms with E-state index >= 15 is 0 Å². The molecule has 14 nitrogen and oxygen atoms in total. The van der Waals surface area contributed by atoms with Crippen molar-refractivity contribution in [1.82, 2.24) is 24.4 Å². The molecule has 0 radical (unpaired) electrons. The molecule has 0 aliphatic carbocycles. The number of fused-ring (bicyclic) bond motifs is 2. The number of carbonyl (C=O) groups excluding carboxylic acids is 3. The molecule has 15 heteroatoms. The Morgan fingerprint density at radius 2 is 1.41 bits per heavy atom. The van der Waals surface area contributed by atoms with Gasteiger partial charge >= 0.3 is 0 Å². The van der Waals surface area contributed by atoms with E-state index in [0.717, 1.165) is 15.3 Å². The van der Waals surface area contributed by atoms with Gasteiger partial charge in [0, 0.05) is 5.56 Å². The second-order valence-corrected chi connectivity index (χ2v) is 19.5. The van der Waals surface area contributed by atoms with Crippen molar-refractivity contribution >= 4 is 53.4 Å². The third-order valence-electron chi connectivity index (χ3n) is 10.7. The highest BCUT2D eigenvalue weighted by atomic mass is 28.4. The van der Waals surface area contributed by atoms with Crippen LogP contribution in [0.4, 0.5) is 5.82 Å². The van der Waals surface area contributed by atoms with Gasteiger partial charge in [0.1, 0.15) is 24.6 Å². The number of nitrogens with one attached hydrogen (secondary N) is 1. The molecule has 6 aromatic rings. The lowest BCUT2D eigenvalue weighted by Crippen LogP contribution is -2.67. The second kappa shape index (κ2) is 15.8. The van der Waals surface area contributed by atoms with Gasteiger partial charge in [0.2, 0.25) is 0 Å². The zero-order valence-corrected chi connectivity index (χ0v) is 33.0. The molecule has 3 amide bonds. The Hall–Kier alpha value is -5.94. The number of hydrogen-bond donors (Lipinski definition) is 3. The Kier molecular flexibility index (Phi) is 10.6. The number of anilines is 1. The van der Waals surface area contributed by atoms with E-state index in [0.29, 0.717) is 5.56 Å². The predicted octanol–water partition coefficient (Wildman–Crippen LogP) is 3.91. The van der Waals surface area contributed by atoms with E-state index in [4.69, 9.17) is 13.9 Å². The van der Waals surface area contributed by atoms with Gasteiger partial charge in [-0.1, -0.05) is 112 Å². The second-order valence-electron chi connectivity index (χ2n) is 15.2. The van der Waals surface area contributed by atoms with E-state index in [1.165, 1.54) is 24.8 Å². The van der Waals surface area contributed by atoms with Crippen LogP contribution in [0.15, 0.2) is 128 Å². The molecule has 58 heavy (non-hydrogen) atoms. The molecule has 1 fully saturated rings. The molecule has 0 spiro atoms. The fraction of sp³-hybridized carbons (Fsp3) is 0.256. The number of amides is 3. The Morgan fingerprint density at radius 3 is 2.00 bits per heavy atom. The molecule has 0 bridgehead atoms. The number of aromatic nitrogens is 4. The van der Waals surface area contributed by atoms with Gasteiger partial charge < -0.3 is 29.4 Å². The van der Waals surface area contributed by atoms with Crippen molar-refractivity contribution in [3.05, 3.63) is 145 Å². The van der Waals surface area contributed by atoms with Crippen molar-refractivity contribution in [3.8, 4) is 0 Å². The number of aliphatic hydroxyl groups excluding tert-OH is 2. The lowest BCUT2D eigenvalue weighted by Gasteiger charge is -2.43. The monoisotopic (exact) mass is 798 g/mol. The van der Waals surface area contributed by atoms with Gasteiger partial charge in [0.15, 0.2) is 29.4 Å². The van der Waals surface area contributed by atoms with Gasteiger partial charge in [-0.2, -0.15) is 0 Å². The minimum absolute atomic E-state index is 0.0498. The predicted molar refractivity (Wildman–Crippen MR) is 216 cm³/mol. The molecule has 2 aromatic heterocycles. The van der Waals surface area contributed by atoms with Crippen LogP contribution in [0.1, 0.15) is 58.1 Å². The normalized spacial score (nSPS) is 20.1. The van der Waals surface area contributed by atoms with Crippen molar-refractivity contribution in [1.29, 1.82) is 0 Å². The lowest BCUT2D eigenvalue weighted by atomic mass is 10.1. The van der Waals surface area contributed by atoms with Crippen LogP contribution < -0.4 is 15.7 Å². The van der Waals surface area contributed by atoms with Crippen LogP contribution in [0.3, 0.4) is 0 Å². The van der Waals surface area contributed by atoms with Crippen molar-refractivity contribution in [2.75, 3.05) is 18.5 Å². The molecule has 2 aliphatic heterocycles. The van der Waals surface area contributed by atoms with Gasteiger partial charge in [-0.25, -0.2) is 19.9 Å². The first-order valence-electron chi connectivity index (χ1n) is 18.9. The zero-order chi connectivity index (χ0) is 40.6. The maximum absolute atomic E-state index is 13.2. The Morgan fingerprint density at radius 1 is 0.845 bits per heavy atom. The number of benzene rings is 4. The summed E-state index contributed by atoms with van der Waals surface area (Å²) in [5, 5.41) is 27.9. The van der Waals surface area contributed by atoms with Gasteiger partial charge in [0.25, 0.3) is 26.0 Å². The van der Waals surface area contributed by atoms with E-state index in [2.05, 4.69) is 65.3 Å². The van der Waals surface area contributed by atoms with Crippen LogP contribution in [0.2, 0.25) is 5.04 Å². The number of aliphatic hydroxyl groups is 2. The molecule has 5 atom stereocenters. The van der Waals surface area contributed by atoms with E-state index in [-0.39, 0.29) is 39.8 Å². The molecule has 296 valence electrons. The van der Waals surface area contributed by atoms with E-state index in [9.17, 15) is 24.6 Å². The fourth-order valence-corrected chi connectivity index (χ4v) is 12.4. The van der Waals surface area contributed by atoms with Gasteiger partial charge in [-0.3, -0.25) is 19.0 Å². The Bertz CT molecular complexity index is 2370. The van der Waals surface area contributed by atoms with Gasteiger partial charge in [-0.15, -0.1) is 0 Å². The van der Waals surface area contributed by atoms with Gasteiger partial charge in [-0.05, 0) is 39.7 Å². The average molecular weight is 799 g/mol. The standard InChI is InChI=1S/C43H42N6O8Si/c1-43(2,3)58(28-17-9-5-10-18-28,29-19-11-6-12-20-29)56-23-32-35(51)36(55-24-33(50)49-40(53)30-21-13-14-22-31(30)41(49)54)42(57-32)48-26-46-34-37(44-25-45-38(34)48)47-39(52)27-15-7-4-8-16-27/h4-22,25-26,32-33,35-36,42,50-51H,23-24H2,1-3H3,(H,44,45,47,52)/t32-,33?,35?,36?,42-/m1/s1. The number of imidazole rings is 1. The summed E-state index contributed by atoms with van der Waals surface area (Å²) in [5.41, 5.74) is 1.29. The van der Waals surface area contributed by atoms with Gasteiger partial charge in [0.05, 0.1) is 30.7 Å². The molecule has 2 aliphatic rings. The first kappa shape index (κ1) is 38.9. The number of hydrogen-bond acceptors (Lipinski definition) is 11. The van der Waals surface area contributed by atoms with Crippen LogP contribution in [-0.2, 0) is 13.9 Å². The van der Waals surface area contributed by atoms with Crippen molar-refractivity contribution < 1.29 is 38.5 Å². The van der Waals surface area contributed by atoms with Crippen LogP contribution >= 0.6 is 0 Å². The number of nitrogens with zero attached hydrogens (tertiary/aromatic N) is 5. The number of ether oxygens (including phenoxy) is 2. The smallest absolute Gasteiger partial charge is 0.263 e. The fourth-order valence-electron chi connectivity index (χ4n) is 7.88. The maximum Gasteiger partial charge on any atom is 0.263 e. The summed E-state index contributed by atoms with van der Waals surface area (Å²) in [6.07, 6.45) is -3.56. The summed E-state index contributed by atoms with van der Waals surface area (Å²) in [6.45, 7) is 5.84. The van der Waals surface area contributed by atoms with Crippen molar-refractivity contribution in [2.24, 2.45) is 0 Å². The van der Waals surface area contributed by atoms with Crippen LogP contribution in [0, 0.1) is 0 Å². The largest absolute Gasteiger partial charge is 0.405 e. The van der Waals surface area contributed by atoms with Crippen LogP contribution in [-0.4, -0.2) is 98.4 Å². The lowest BCUT2D eigenvalue weighted by molar-refractivity contribution is -0.106. The molecule has 8 rings (SSSR count). The molecule has 3 unspecified atom stereocenters. The molecular weight excluding hydrogens is 757 g/mol. The summed E-state index contributed by atoms with van der Waals surface area (Å²) in [6, 6.07) is 35.1. The topological polar surface area (TPSA) is 178 Å². The molecular formula is C43H42N6O8Si. The first-order chi connectivity index (χ1) is 28.0. The quantitative estimate of drug-likeness (QED) is 0.121. The minimum atomic E-state index is -3.09. The molecule has 0 saturated carbocycles. The van der Waals surface area contributed by atoms with E-state index in [1.807, 2.05) is 42.5 Å². The third kappa shape index (κ3) is 6.91. The highest BCUT2D eigenvalue weighted by Gasteiger charge is 2.53. The summed E-state index contributed by atoms with van der Waals surface area (Å²) in [4.78, 5) is 53.5. The number of imide groups is 1. The zero-order valence-electron chi connectivity index (χ0n) is 32.0. The van der Waals surface area contributed by atoms with E-state index in [1.54, 1.807) is 41.0 Å². The summed E-state index contributed by atoms with van der Waals surface area (Å²) >= 11 is 0. The Labute approximate surface area is 335 Å². The summed E-state index contributed by atoms with van der Waals surface area (Å²) < 4.78 is 21.6. The molecule has 4 aromatic carbocycles. The van der Waals surface area contributed by atoms with E-state index < -0.39 is 63.4 Å².